The summed E-state index contributed by atoms with van der Waals surface area (Å²) >= 11 is 0. The fourth-order valence-electron chi connectivity index (χ4n) is 4.57. The van der Waals surface area contributed by atoms with Gasteiger partial charge in [0.05, 0.1) is 6.61 Å². The van der Waals surface area contributed by atoms with Crippen molar-refractivity contribution in [3.63, 3.8) is 0 Å². The van der Waals surface area contributed by atoms with Gasteiger partial charge in [-0.2, -0.15) is 0 Å². The van der Waals surface area contributed by atoms with E-state index in [1.807, 2.05) is 0 Å². The third-order valence-electron chi connectivity index (χ3n) is 5.46. The van der Waals surface area contributed by atoms with Gasteiger partial charge < -0.3 is 10.1 Å². The normalized spacial score (nSPS) is 31.9. The summed E-state index contributed by atoms with van der Waals surface area (Å²) in [7, 11) is 1.78. The topological polar surface area (TPSA) is 21.3 Å². The van der Waals surface area contributed by atoms with E-state index in [1.54, 1.807) is 7.11 Å². The molecule has 0 spiro atoms. The number of ether oxygens (including phenoxy) is 1. The van der Waals surface area contributed by atoms with Gasteiger partial charge in [0.25, 0.3) is 0 Å². The smallest absolute Gasteiger partial charge is 0.0587 e. The molecule has 2 aliphatic rings. The summed E-state index contributed by atoms with van der Waals surface area (Å²) in [5.41, 5.74) is 2.01. The molecule has 2 heteroatoms. The van der Waals surface area contributed by atoms with E-state index >= 15 is 0 Å². The number of hydrogen-bond acceptors (Lipinski definition) is 2. The number of methoxy groups -OCH3 is 1. The third kappa shape index (κ3) is 2.91. The van der Waals surface area contributed by atoms with E-state index < -0.39 is 0 Å². The highest BCUT2D eigenvalue weighted by Crippen LogP contribution is 2.57. The van der Waals surface area contributed by atoms with Gasteiger partial charge in [-0.1, -0.05) is 36.8 Å². The van der Waals surface area contributed by atoms with Crippen molar-refractivity contribution in [2.45, 2.75) is 32.1 Å². The highest BCUT2D eigenvalue weighted by Gasteiger charge is 2.50. The van der Waals surface area contributed by atoms with Crippen molar-refractivity contribution in [1.29, 1.82) is 0 Å². The summed E-state index contributed by atoms with van der Waals surface area (Å²) in [5.74, 6) is 1.93. The van der Waals surface area contributed by atoms with Crippen LogP contribution in [-0.2, 0) is 11.2 Å². The minimum Gasteiger partial charge on any atom is -0.383 e. The van der Waals surface area contributed by atoms with Crippen molar-refractivity contribution in [2.75, 3.05) is 26.8 Å². The first-order valence-electron chi connectivity index (χ1n) is 8.06. The summed E-state index contributed by atoms with van der Waals surface area (Å²) in [6, 6.07) is 11.1. The molecular formula is C18H27NO. The average Bonchev–Trinajstić information content (AvgIpc) is 3.06. The number of rotatable bonds is 7. The summed E-state index contributed by atoms with van der Waals surface area (Å²) in [4.78, 5) is 0. The Balaban J connectivity index is 1.68. The minimum atomic E-state index is 0.498. The molecule has 0 radical (unpaired) electrons. The maximum absolute atomic E-state index is 5.16. The lowest BCUT2D eigenvalue weighted by Crippen LogP contribution is -2.41. The second-order valence-electron chi connectivity index (χ2n) is 6.77. The van der Waals surface area contributed by atoms with Gasteiger partial charge in [-0.25, -0.2) is 0 Å². The molecule has 2 fully saturated rings. The standard InChI is InChI=1S/C18H27NO/c1-20-10-9-19-14-18(12-15-5-3-2-4-6-15)13-16-7-8-17(18)11-16/h2-6,16-17,19H,7-14H2,1H3. The maximum atomic E-state index is 5.16. The van der Waals surface area contributed by atoms with Crippen LogP contribution in [0.15, 0.2) is 30.3 Å². The largest absolute Gasteiger partial charge is 0.383 e. The third-order valence-corrected chi connectivity index (χ3v) is 5.46. The average molecular weight is 273 g/mol. The van der Waals surface area contributed by atoms with Gasteiger partial charge in [0.1, 0.15) is 0 Å². The molecule has 110 valence electrons. The molecule has 3 unspecified atom stereocenters. The highest BCUT2D eigenvalue weighted by atomic mass is 16.5. The molecule has 0 amide bonds. The summed E-state index contributed by atoms with van der Waals surface area (Å²) in [6.45, 7) is 2.95. The van der Waals surface area contributed by atoms with E-state index in [2.05, 4.69) is 35.6 Å². The Bertz CT molecular complexity index is 419. The Labute approximate surface area is 122 Å². The number of hydrogen-bond donors (Lipinski definition) is 1. The summed E-state index contributed by atoms with van der Waals surface area (Å²) in [6.07, 6.45) is 7.06. The first-order valence-corrected chi connectivity index (χ1v) is 8.06. The predicted octanol–water partition coefficient (Wildman–Crippen LogP) is 3.27. The molecule has 3 rings (SSSR count). The summed E-state index contributed by atoms with van der Waals surface area (Å²) < 4.78 is 5.16. The van der Waals surface area contributed by atoms with Crippen molar-refractivity contribution < 1.29 is 4.74 Å². The first-order chi connectivity index (χ1) is 9.82. The predicted molar refractivity (Wildman–Crippen MR) is 82.8 cm³/mol. The summed E-state index contributed by atoms with van der Waals surface area (Å²) in [5, 5.41) is 3.65. The van der Waals surface area contributed by atoms with Gasteiger partial charge in [-0.15, -0.1) is 0 Å². The number of fused-ring (bicyclic) bond motifs is 2. The van der Waals surface area contributed by atoms with Gasteiger partial charge in [-0.3, -0.25) is 0 Å². The lowest BCUT2D eigenvalue weighted by Gasteiger charge is -2.38. The van der Waals surface area contributed by atoms with Gasteiger partial charge in [0.2, 0.25) is 0 Å². The quantitative estimate of drug-likeness (QED) is 0.770. The van der Waals surface area contributed by atoms with Crippen LogP contribution in [-0.4, -0.2) is 26.8 Å². The van der Waals surface area contributed by atoms with Gasteiger partial charge in [0, 0.05) is 20.2 Å². The zero-order valence-corrected chi connectivity index (χ0v) is 12.6. The molecule has 1 aromatic rings. The number of nitrogens with one attached hydrogen (secondary N) is 1. The van der Waals surface area contributed by atoms with E-state index in [9.17, 15) is 0 Å². The fourth-order valence-corrected chi connectivity index (χ4v) is 4.57. The Kier molecular flexibility index (Phi) is 4.42. The van der Waals surface area contributed by atoms with Crippen LogP contribution in [0.4, 0.5) is 0 Å². The fraction of sp³-hybridized carbons (Fsp3) is 0.667. The molecule has 1 aromatic carbocycles. The zero-order valence-electron chi connectivity index (χ0n) is 12.6. The van der Waals surface area contributed by atoms with Crippen LogP contribution in [0.5, 0.6) is 0 Å². The van der Waals surface area contributed by atoms with Gasteiger partial charge in [-0.05, 0) is 48.5 Å². The minimum absolute atomic E-state index is 0.498. The first kappa shape index (κ1) is 14.1. The number of benzene rings is 1. The van der Waals surface area contributed by atoms with Crippen molar-refractivity contribution in [3.05, 3.63) is 35.9 Å². The maximum Gasteiger partial charge on any atom is 0.0587 e. The van der Waals surface area contributed by atoms with Crippen LogP contribution in [0, 0.1) is 17.3 Å². The molecule has 0 aromatic heterocycles. The highest BCUT2D eigenvalue weighted by molar-refractivity contribution is 5.19. The molecule has 2 nitrogen and oxygen atoms in total. The molecule has 0 aliphatic heterocycles. The van der Waals surface area contributed by atoms with Crippen LogP contribution in [0.1, 0.15) is 31.2 Å². The van der Waals surface area contributed by atoms with E-state index in [4.69, 9.17) is 4.74 Å². The molecule has 3 atom stereocenters. The Morgan fingerprint density at radius 1 is 1.25 bits per heavy atom. The molecule has 1 N–H and O–H groups in total. The van der Waals surface area contributed by atoms with Crippen LogP contribution >= 0.6 is 0 Å². The van der Waals surface area contributed by atoms with Crippen molar-refractivity contribution in [2.24, 2.45) is 17.3 Å². The monoisotopic (exact) mass is 273 g/mol. The van der Waals surface area contributed by atoms with Crippen molar-refractivity contribution in [3.8, 4) is 0 Å². The van der Waals surface area contributed by atoms with Crippen molar-refractivity contribution in [1.82, 2.24) is 5.32 Å². The van der Waals surface area contributed by atoms with Gasteiger partial charge in [0.15, 0.2) is 0 Å². The van der Waals surface area contributed by atoms with Crippen LogP contribution in [0.25, 0.3) is 0 Å². The lowest BCUT2D eigenvalue weighted by molar-refractivity contribution is 0.145. The molecule has 2 bridgehead atoms. The van der Waals surface area contributed by atoms with E-state index in [0.29, 0.717) is 5.41 Å². The molecule has 0 heterocycles. The molecule has 2 aliphatic carbocycles. The molecule has 20 heavy (non-hydrogen) atoms. The SMILES string of the molecule is COCCNCC1(Cc2ccccc2)CC2CCC1C2. The molecule has 2 saturated carbocycles. The van der Waals surface area contributed by atoms with Crippen LogP contribution in [0.3, 0.4) is 0 Å². The van der Waals surface area contributed by atoms with Crippen molar-refractivity contribution >= 4 is 0 Å². The van der Waals surface area contributed by atoms with E-state index in [-0.39, 0.29) is 0 Å². The second-order valence-corrected chi connectivity index (χ2v) is 6.77. The van der Waals surface area contributed by atoms with Crippen LogP contribution in [0.2, 0.25) is 0 Å². The Morgan fingerprint density at radius 2 is 2.10 bits per heavy atom. The Hall–Kier alpha value is -0.860. The van der Waals surface area contributed by atoms with E-state index in [0.717, 1.165) is 31.5 Å². The molecule has 0 saturated heterocycles. The molecular weight excluding hydrogens is 246 g/mol. The van der Waals surface area contributed by atoms with E-state index in [1.165, 1.54) is 37.7 Å². The zero-order chi connectivity index (χ0) is 13.8. The van der Waals surface area contributed by atoms with Gasteiger partial charge >= 0.3 is 0 Å². The van der Waals surface area contributed by atoms with Crippen LogP contribution < -0.4 is 5.32 Å². The lowest BCUT2D eigenvalue weighted by atomic mass is 9.69. The second kappa shape index (κ2) is 6.28. The Morgan fingerprint density at radius 3 is 2.75 bits per heavy atom.